The van der Waals surface area contributed by atoms with Crippen LogP contribution in [0.4, 0.5) is 5.69 Å². The summed E-state index contributed by atoms with van der Waals surface area (Å²) in [6, 6.07) is 10.9. The third-order valence-corrected chi connectivity index (χ3v) is 16.3. The average molecular weight is 966 g/mol. The molecule has 2 saturated heterocycles. The molecule has 10 atom stereocenters. The molecule has 9 rings (SSSR count). The summed E-state index contributed by atoms with van der Waals surface area (Å²) in [7, 11) is 0.229. The van der Waals surface area contributed by atoms with E-state index in [4.69, 9.17) is 31.7 Å². The zero-order valence-corrected chi connectivity index (χ0v) is 40.6. The second-order valence-corrected chi connectivity index (χ2v) is 20.7. The van der Waals surface area contributed by atoms with Crippen molar-refractivity contribution in [2.75, 3.05) is 72.0 Å². The van der Waals surface area contributed by atoms with Crippen LogP contribution in [0.25, 0.3) is 10.9 Å². The van der Waals surface area contributed by atoms with Crippen molar-refractivity contribution in [2.45, 2.75) is 112 Å². The predicted molar refractivity (Wildman–Crippen MR) is 252 cm³/mol. The number of carbonyl (C=O) groups excluding carboxylic acids is 3. The Hall–Kier alpha value is -4.60. The van der Waals surface area contributed by atoms with Gasteiger partial charge < -0.3 is 44.7 Å². The highest BCUT2D eigenvalue weighted by atomic mass is 32.3. The number of anilines is 1. The lowest BCUT2D eigenvalue weighted by molar-refractivity contribution is -0.203. The number of ether oxygens (including phenoxy) is 3. The number of para-hydroxylation sites is 1. The molecule has 372 valence electrons. The largest absolute Gasteiger partial charge is 0.496 e. The Morgan fingerprint density at radius 1 is 0.985 bits per heavy atom. The fraction of sp³-hybridized carbons (Fsp3) is 0.612. The van der Waals surface area contributed by atoms with Crippen molar-refractivity contribution in [1.29, 1.82) is 0 Å². The van der Waals surface area contributed by atoms with E-state index in [1.54, 1.807) is 7.11 Å². The summed E-state index contributed by atoms with van der Waals surface area (Å²) in [6.45, 7) is 9.05. The molecule has 6 aliphatic rings. The number of hydrogen-bond donors (Lipinski definition) is 7. The number of benzene rings is 2. The first-order valence-corrected chi connectivity index (χ1v) is 25.2. The number of aliphatic hydroxyl groups excluding tert-OH is 1. The van der Waals surface area contributed by atoms with Gasteiger partial charge in [-0.05, 0) is 80.7 Å². The third kappa shape index (κ3) is 7.81. The van der Waals surface area contributed by atoms with Crippen molar-refractivity contribution < 1.29 is 61.4 Å². The smallest absolute Gasteiger partial charge is 0.394 e. The number of aromatic nitrogens is 1. The number of fused-ring (bicyclic) bond motifs is 6. The van der Waals surface area contributed by atoms with Crippen molar-refractivity contribution in [3.63, 3.8) is 0 Å². The fourth-order valence-electron chi connectivity index (χ4n) is 13.8. The SMILES string of the molecule is CCCC(=O)OCCNC(=O)[C@@]1(O)[C@H](O)[C@]2(CC)C=CCN3CC[C@@]4(c5cc([C@@]6(C(=O)OC)C[C@@H]7CN(CCc8c6[nH]c6ccccc86)C[C@](O)(CC)C7)c(OC)cc5N(C)[C@@H]14)[C@@H]32.O=S(=O)(O)O. The van der Waals surface area contributed by atoms with E-state index in [9.17, 15) is 24.9 Å². The molecule has 1 spiro atoms. The fourth-order valence-corrected chi connectivity index (χ4v) is 13.8. The maximum Gasteiger partial charge on any atom is 0.394 e. The third-order valence-electron chi connectivity index (χ3n) is 16.3. The standard InChI is InChI=1S/C49H65N5O9.H2O4S/c1-7-13-38(55)63-23-19-50-43(57)49(60)41-47(18-22-54-20-12-17-46(9-3,40(47)54)42(49)56)33-24-34(37(61-5)25-36(33)52(41)4)48(44(58)62-6)27-30-26-45(59,8-2)29-53(28-30)21-16-32-31-14-10-11-15-35(31)51-39(32)48;1-5(2,3)4/h10-12,14-15,17,24-25,30,40-42,51,56,59-60H,7-9,13,16,18-23,26-29H2,1-6H3,(H,50,57);(H2,1,2,3,4)/t30-,40+,41-,42-,45+,46-,47-,48+,49+;/m1./s1. The monoisotopic (exact) mass is 965 g/mol. The Kier molecular flexibility index (Phi) is 13.4. The van der Waals surface area contributed by atoms with Crippen molar-refractivity contribution in [3.8, 4) is 5.75 Å². The number of piperidine rings is 1. The highest BCUT2D eigenvalue weighted by Gasteiger charge is 2.78. The van der Waals surface area contributed by atoms with E-state index < -0.39 is 61.9 Å². The number of likely N-dealkylation sites (N-methyl/N-ethyl adjacent to an activating group) is 1. The van der Waals surface area contributed by atoms with Gasteiger partial charge in [0.2, 0.25) is 0 Å². The van der Waals surface area contributed by atoms with Gasteiger partial charge in [0.05, 0.1) is 32.4 Å². The van der Waals surface area contributed by atoms with Crippen LogP contribution in [-0.2, 0) is 51.5 Å². The highest BCUT2D eigenvalue weighted by molar-refractivity contribution is 7.79. The molecule has 68 heavy (non-hydrogen) atoms. The number of carbonyl (C=O) groups is 3. The minimum absolute atomic E-state index is 0.0393. The number of aromatic amines is 1. The van der Waals surface area contributed by atoms with Crippen molar-refractivity contribution >= 4 is 44.8 Å². The Morgan fingerprint density at radius 2 is 1.72 bits per heavy atom. The Labute approximate surface area is 397 Å². The summed E-state index contributed by atoms with van der Waals surface area (Å²) in [6.07, 6.45) is 6.50. The summed E-state index contributed by atoms with van der Waals surface area (Å²) >= 11 is 0. The van der Waals surface area contributed by atoms with E-state index in [2.05, 4.69) is 32.2 Å². The van der Waals surface area contributed by atoms with Gasteiger partial charge in [-0.1, -0.05) is 51.1 Å². The topological polar surface area (TPSA) is 252 Å². The number of aliphatic hydroxyl groups is 3. The lowest BCUT2D eigenvalue weighted by atomic mass is 9.47. The maximum atomic E-state index is 15.4. The molecule has 1 aliphatic carbocycles. The zero-order valence-electron chi connectivity index (χ0n) is 39.8. The van der Waals surface area contributed by atoms with Crippen LogP contribution in [-0.4, -0.2) is 162 Å². The van der Waals surface area contributed by atoms with E-state index in [1.807, 2.05) is 69.1 Å². The van der Waals surface area contributed by atoms with E-state index in [0.717, 1.165) is 33.4 Å². The zero-order chi connectivity index (χ0) is 49.2. The van der Waals surface area contributed by atoms with Gasteiger partial charge in [0, 0.05) is 90.4 Å². The Bertz CT molecular complexity index is 2580. The number of nitrogens with one attached hydrogen (secondary N) is 2. The van der Waals surface area contributed by atoms with Crippen LogP contribution in [0.15, 0.2) is 48.6 Å². The van der Waals surface area contributed by atoms with Crippen LogP contribution in [0.3, 0.4) is 0 Å². The van der Waals surface area contributed by atoms with E-state index >= 15 is 4.79 Å². The van der Waals surface area contributed by atoms with E-state index in [0.29, 0.717) is 89.0 Å². The molecule has 3 fully saturated rings. The van der Waals surface area contributed by atoms with Gasteiger partial charge in [0.1, 0.15) is 23.9 Å². The van der Waals surface area contributed by atoms with Gasteiger partial charge in [-0.3, -0.25) is 33.3 Å². The molecular formula is C49H67N5O13S. The van der Waals surface area contributed by atoms with Crippen LogP contribution in [0, 0.1) is 11.3 Å². The molecule has 0 radical (unpaired) electrons. The van der Waals surface area contributed by atoms with E-state index in [1.165, 1.54) is 7.11 Å². The van der Waals surface area contributed by atoms with Gasteiger partial charge in [0.25, 0.3) is 5.91 Å². The van der Waals surface area contributed by atoms with Gasteiger partial charge in [-0.2, -0.15) is 8.42 Å². The molecule has 19 heteroatoms. The van der Waals surface area contributed by atoms with Crippen LogP contribution in [0.1, 0.15) is 88.1 Å². The van der Waals surface area contributed by atoms with Crippen molar-refractivity contribution in [3.05, 3.63) is 70.9 Å². The van der Waals surface area contributed by atoms with E-state index in [-0.39, 0.29) is 37.5 Å². The molecule has 18 nitrogen and oxygen atoms in total. The van der Waals surface area contributed by atoms with Gasteiger partial charge in [-0.15, -0.1) is 0 Å². The quantitative estimate of drug-likeness (QED) is 0.0631. The first kappa shape index (κ1) is 49.8. The second kappa shape index (κ2) is 18.3. The summed E-state index contributed by atoms with van der Waals surface area (Å²) < 4.78 is 49.3. The number of esters is 2. The summed E-state index contributed by atoms with van der Waals surface area (Å²) in [4.78, 5) is 52.8. The lowest BCUT2D eigenvalue weighted by Gasteiger charge is -2.63. The molecule has 6 heterocycles. The van der Waals surface area contributed by atoms with Crippen LogP contribution >= 0.6 is 0 Å². The minimum atomic E-state index is -4.67. The van der Waals surface area contributed by atoms with Crippen LogP contribution < -0.4 is 15.0 Å². The highest BCUT2D eigenvalue weighted by Crippen LogP contribution is 2.67. The first-order chi connectivity index (χ1) is 32.2. The summed E-state index contributed by atoms with van der Waals surface area (Å²) in [5, 5.41) is 42.0. The van der Waals surface area contributed by atoms with Gasteiger partial charge in [0.15, 0.2) is 5.60 Å². The molecular weight excluding hydrogens is 899 g/mol. The number of hydrogen-bond acceptors (Lipinski definition) is 14. The minimum Gasteiger partial charge on any atom is -0.496 e. The summed E-state index contributed by atoms with van der Waals surface area (Å²) in [5.74, 6) is -1.21. The Morgan fingerprint density at radius 3 is 2.40 bits per heavy atom. The number of amides is 1. The molecule has 3 aromatic rings. The number of H-pyrrole nitrogens is 1. The van der Waals surface area contributed by atoms with Crippen molar-refractivity contribution in [2.24, 2.45) is 11.3 Å². The maximum absolute atomic E-state index is 15.4. The average Bonchev–Trinajstić information content (AvgIpc) is 3.97. The molecule has 2 bridgehead atoms. The normalized spacial score (nSPS) is 33.6. The van der Waals surface area contributed by atoms with Gasteiger partial charge in [-0.25, -0.2) is 0 Å². The molecule has 1 aromatic heterocycles. The Balaban J connectivity index is 0.00000119. The molecule has 2 aromatic carbocycles. The van der Waals surface area contributed by atoms with Crippen LogP contribution in [0.2, 0.25) is 0 Å². The molecule has 1 saturated carbocycles. The molecule has 5 aliphatic heterocycles. The molecule has 7 N–H and O–H groups in total. The molecule has 1 unspecified atom stereocenters. The number of nitrogens with zero attached hydrogens (tertiary/aromatic N) is 3. The summed E-state index contributed by atoms with van der Waals surface area (Å²) in [5.41, 5.74) is -1.77. The second-order valence-electron chi connectivity index (χ2n) is 19.8. The first-order valence-electron chi connectivity index (χ1n) is 23.8. The van der Waals surface area contributed by atoms with Gasteiger partial charge >= 0.3 is 22.3 Å². The molecule has 1 amide bonds. The predicted octanol–water partition coefficient (Wildman–Crippen LogP) is 3.05. The van der Waals surface area contributed by atoms with Crippen molar-refractivity contribution in [1.82, 2.24) is 20.1 Å². The number of methoxy groups -OCH3 is 2. The van der Waals surface area contributed by atoms with Crippen LogP contribution in [0.5, 0.6) is 5.75 Å². The number of rotatable bonds is 11. The lowest BCUT2D eigenvalue weighted by Crippen LogP contribution is -2.81.